The van der Waals surface area contributed by atoms with Crippen molar-refractivity contribution in [3.8, 4) is 22.3 Å². The fourth-order valence-electron chi connectivity index (χ4n) is 4.99. The monoisotopic (exact) mass is 382 g/mol. The maximum atomic E-state index is 2.27. The highest BCUT2D eigenvalue weighted by atomic mass is 14.2. The molecule has 142 valence electrons. The minimum Gasteiger partial charge on any atom is -0.0619 e. The van der Waals surface area contributed by atoms with Gasteiger partial charge in [0.2, 0.25) is 0 Å². The predicted molar refractivity (Wildman–Crippen MR) is 127 cm³/mol. The molecule has 2 aliphatic carbocycles. The number of fused-ring (bicyclic) bond motifs is 8. The van der Waals surface area contributed by atoms with Gasteiger partial charge in [0, 0.05) is 0 Å². The molecular weight excluding hydrogens is 360 g/mol. The first-order valence-corrected chi connectivity index (χ1v) is 10.6. The minimum atomic E-state index is 1.08. The molecule has 0 amide bonds. The molecule has 0 N–H and O–H groups in total. The van der Waals surface area contributed by atoms with Crippen molar-refractivity contribution in [2.75, 3.05) is 0 Å². The van der Waals surface area contributed by atoms with Crippen molar-refractivity contribution in [1.29, 1.82) is 0 Å². The Morgan fingerprint density at radius 1 is 0.367 bits per heavy atom. The van der Waals surface area contributed by atoms with Gasteiger partial charge in [-0.25, -0.2) is 0 Å². The lowest BCUT2D eigenvalue weighted by Crippen LogP contribution is -1.83. The van der Waals surface area contributed by atoms with Crippen LogP contribution in [0.5, 0.6) is 0 Å². The highest BCUT2D eigenvalue weighted by molar-refractivity contribution is 5.95. The molecule has 0 nitrogen and oxygen atoms in total. The summed E-state index contributed by atoms with van der Waals surface area (Å²) in [6.07, 6.45) is 2.18. The Hall–Kier alpha value is -3.64. The fraction of sp³-hybridized carbons (Fsp3) is 0.0667. The third-order valence-electron chi connectivity index (χ3n) is 6.42. The maximum absolute atomic E-state index is 2.27. The fourth-order valence-corrected chi connectivity index (χ4v) is 4.99. The molecule has 0 bridgehead atoms. The Morgan fingerprint density at radius 2 is 0.867 bits per heavy atom. The first-order chi connectivity index (χ1) is 14.9. The van der Waals surface area contributed by atoms with Gasteiger partial charge in [-0.3, -0.25) is 0 Å². The zero-order valence-corrected chi connectivity index (χ0v) is 16.8. The van der Waals surface area contributed by atoms with Gasteiger partial charge in [-0.2, -0.15) is 0 Å². The van der Waals surface area contributed by atoms with Crippen LogP contribution in [0, 0.1) is 0 Å². The van der Waals surface area contributed by atoms with E-state index in [1.807, 2.05) is 0 Å². The van der Waals surface area contributed by atoms with Crippen molar-refractivity contribution < 1.29 is 0 Å². The van der Waals surface area contributed by atoms with Crippen LogP contribution in [0.3, 0.4) is 0 Å². The summed E-state index contributed by atoms with van der Waals surface area (Å²) in [4.78, 5) is 0. The van der Waals surface area contributed by atoms with Crippen LogP contribution in [0.4, 0.5) is 0 Å². The van der Waals surface area contributed by atoms with E-state index in [2.05, 4.69) is 109 Å². The average molecular weight is 383 g/mol. The molecule has 30 heavy (non-hydrogen) atoms. The second-order valence-corrected chi connectivity index (χ2v) is 8.14. The molecule has 5 aromatic carbocycles. The van der Waals surface area contributed by atoms with Crippen molar-refractivity contribution >= 4 is 10.8 Å². The van der Waals surface area contributed by atoms with E-state index in [9.17, 15) is 0 Å². The molecule has 0 aromatic heterocycles. The molecule has 0 atom stereocenters. The summed E-state index contributed by atoms with van der Waals surface area (Å²) in [6.45, 7) is 0. The zero-order chi connectivity index (χ0) is 19.9. The van der Waals surface area contributed by atoms with Crippen molar-refractivity contribution in [2.45, 2.75) is 12.8 Å². The second kappa shape index (κ2) is 7.00. The van der Waals surface area contributed by atoms with Gasteiger partial charge in [0.1, 0.15) is 0 Å². The molecule has 5 aromatic rings. The molecule has 0 heterocycles. The van der Waals surface area contributed by atoms with Gasteiger partial charge in [0.15, 0.2) is 0 Å². The summed E-state index contributed by atoms with van der Waals surface area (Å²) >= 11 is 0. The Bertz CT molecular complexity index is 1350. The number of rotatable bonds is 0. The first kappa shape index (κ1) is 17.2. The Morgan fingerprint density at radius 3 is 1.53 bits per heavy atom. The van der Waals surface area contributed by atoms with E-state index in [1.165, 1.54) is 55.3 Å². The summed E-state index contributed by atoms with van der Waals surface area (Å²) in [6, 6.07) is 39.2. The van der Waals surface area contributed by atoms with Gasteiger partial charge in [-0.05, 0) is 68.1 Å². The molecule has 0 saturated carbocycles. The molecule has 0 radical (unpaired) electrons. The second-order valence-electron chi connectivity index (χ2n) is 8.14. The third kappa shape index (κ3) is 2.76. The summed E-state index contributed by atoms with van der Waals surface area (Å²) in [5, 5.41) is 2.75. The van der Waals surface area contributed by atoms with Crippen LogP contribution in [0.1, 0.15) is 22.3 Å². The Labute approximate surface area is 177 Å². The minimum absolute atomic E-state index is 1.08. The predicted octanol–water partition coefficient (Wildman–Crippen LogP) is 7.67. The first-order valence-electron chi connectivity index (χ1n) is 10.6. The summed E-state index contributed by atoms with van der Waals surface area (Å²) in [7, 11) is 0. The number of hydrogen-bond donors (Lipinski definition) is 0. The molecule has 0 fully saturated rings. The summed E-state index contributed by atoms with van der Waals surface area (Å²) in [5.74, 6) is 0. The maximum Gasteiger partial charge on any atom is -0.000729 e. The van der Waals surface area contributed by atoms with E-state index in [0.717, 1.165) is 12.8 Å². The van der Waals surface area contributed by atoms with E-state index in [-0.39, 0.29) is 0 Å². The largest absolute Gasteiger partial charge is 0.0619 e. The Balaban J connectivity index is 0.000000121. The lowest BCUT2D eigenvalue weighted by molar-refractivity contribution is 1.26. The quantitative estimate of drug-likeness (QED) is 0.252. The van der Waals surface area contributed by atoms with Crippen LogP contribution in [0.15, 0.2) is 109 Å². The van der Waals surface area contributed by atoms with Gasteiger partial charge in [0.05, 0.1) is 0 Å². The van der Waals surface area contributed by atoms with Crippen LogP contribution in [-0.2, 0) is 12.8 Å². The summed E-state index contributed by atoms with van der Waals surface area (Å²) < 4.78 is 0. The number of hydrogen-bond acceptors (Lipinski definition) is 0. The molecule has 0 aliphatic heterocycles. The van der Waals surface area contributed by atoms with Gasteiger partial charge < -0.3 is 0 Å². The van der Waals surface area contributed by atoms with Crippen molar-refractivity contribution in [3.63, 3.8) is 0 Å². The smallest absolute Gasteiger partial charge is 0.000729 e. The highest BCUT2D eigenvalue weighted by Crippen LogP contribution is 2.40. The topological polar surface area (TPSA) is 0 Å². The van der Waals surface area contributed by atoms with Crippen LogP contribution >= 0.6 is 0 Å². The SMILES string of the molecule is c1ccc2c(c1)Cc1c-2ccc2ccccc12.c1ccc2c(c1)Cc1ccccc1-2. The summed E-state index contributed by atoms with van der Waals surface area (Å²) in [5.41, 5.74) is 11.5. The Kier molecular flexibility index (Phi) is 4.02. The lowest BCUT2D eigenvalue weighted by Gasteiger charge is -2.05. The van der Waals surface area contributed by atoms with Crippen molar-refractivity contribution in [2.24, 2.45) is 0 Å². The van der Waals surface area contributed by atoms with Gasteiger partial charge >= 0.3 is 0 Å². The zero-order valence-electron chi connectivity index (χ0n) is 16.8. The molecule has 0 saturated heterocycles. The van der Waals surface area contributed by atoms with Crippen LogP contribution < -0.4 is 0 Å². The van der Waals surface area contributed by atoms with Crippen molar-refractivity contribution in [3.05, 3.63) is 131 Å². The third-order valence-corrected chi connectivity index (χ3v) is 6.42. The molecule has 0 unspecified atom stereocenters. The lowest BCUT2D eigenvalue weighted by atomic mass is 9.99. The molecule has 0 spiro atoms. The van der Waals surface area contributed by atoms with Crippen LogP contribution in [0.25, 0.3) is 33.0 Å². The highest BCUT2D eigenvalue weighted by Gasteiger charge is 2.19. The van der Waals surface area contributed by atoms with E-state index in [0.29, 0.717) is 0 Å². The molecule has 0 heteroatoms. The van der Waals surface area contributed by atoms with Crippen LogP contribution in [0.2, 0.25) is 0 Å². The van der Waals surface area contributed by atoms with E-state index in [4.69, 9.17) is 0 Å². The standard InChI is InChI=1S/C17H12.C13H10/c1-3-7-14-12(5-1)9-10-16-15-8-4-2-6-13(15)11-17(14)16;1-3-7-12-10(5-1)9-11-6-2-4-8-13(11)12/h1-10H,11H2;1-8H,9H2. The number of benzene rings is 5. The molecule has 2 aliphatic rings. The normalized spacial score (nSPS) is 12.4. The molecule has 7 rings (SSSR count). The van der Waals surface area contributed by atoms with Crippen LogP contribution in [-0.4, -0.2) is 0 Å². The van der Waals surface area contributed by atoms with Gasteiger partial charge in [-0.1, -0.05) is 109 Å². The average Bonchev–Trinajstić information content (AvgIpc) is 3.38. The van der Waals surface area contributed by atoms with E-state index < -0.39 is 0 Å². The van der Waals surface area contributed by atoms with E-state index >= 15 is 0 Å². The van der Waals surface area contributed by atoms with Crippen molar-refractivity contribution in [1.82, 2.24) is 0 Å². The van der Waals surface area contributed by atoms with Gasteiger partial charge in [-0.15, -0.1) is 0 Å². The molecular formula is C30H22. The van der Waals surface area contributed by atoms with Gasteiger partial charge in [0.25, 0.3) is 0 Å². The van der Waals surface area contributed by atoms with E-state index in [1.54, 1.807) is 0 Å².